The fourth-order valence-corrected chi connectivity index (χ4v) is 1.78. The lowest BCUT2D eigenvalue weighted by atomic mass is 9.91. The third-order valence-corrected chi connectivity index (χ3v) is 2.80. The monoisotopic (exact) mass is 239 g/mol. The minimum atomic E-state index is 0.0600. The molecule has 0 radical (unpaired) electrons. The van der Waals surface area contributed by atoms with Crippen LogP contribution in [-0.4, -0.2) is 9.55 Å². The van der Waals surface area contributed by atoms with Crippen LogP contribution in [0.25, 0.3) is 0 Å². The normalized spacial score (nSPS) is 11.2. The van der Waals surface area contributed by atoms with Gasteiger partial charge in [0.2, 0.25) is 0 Å². The van der Waals surface area contributed by atoms with Crippen molar-refractivity contribution in [2.24, 2.45) is 0 Å². The molecule has 3 heteroatoms. The summed E-state index contributed by atoms with van der Waals surface area (Å²) in [5.74, 6) is 0. The highest BCUT2D eigenvalue weighted by Gasteiger charge is 2.15. The van der Waals surface area contributed by atoms with E-state index in [9.17, 15) is 0 Å². The molecule has 2 rings (SSSR count). The van der Waals surface area contributed by atoms with E-state index in [0.29, 0.717) is 12.1 Å². The fraction of sp³-hybridized carbons (Fsp3) is 0.333. The van der Waals surface area contributed by atoms with Crippen LogP contribution in [0, 0.1) is 11.3 Å². The van der Waals surface area contributed by atoms with E-state index in [1.165, 1.54) is 0 Å². The quantitative estimate of drug-likeness (QED) is 0.808. The van der Waals surface area contributed by atoms with E-state index in [0.717, 1.165) is 11.4 Å². The van der Waals surface area contributed by atoms with Gasteiger partial charge in [-0.25, -0.2) is 0 Å². The lowest BCUT2D eigenvalue weighted by Crippen LogP contribution is -2.14. The molecule has 0 aliphatic carbocycles. The zero-order chi connectivity index (χ0) is 13.2. The summed E-state index contributed by atoms with van der Waals surface area (Å²) >= 11 is 0. The first kappa shape index (κ1) is 12.4. The van der Waals surface area contributed by atoms with Crippen LogP contribution in [0.1, 0.15) is 37.7 Å². The molecule has 0 saturated carbocycles. The van der Waals surface area contributed by atoms with Gasteiger partial charge in [0.25, 0.3) is 0 Å². The van der Waals surface area contributed by atoms with Gasteiger partial charge in [0.05, 0.1) is 17.8 Å². The van der Waals surface area contributed by atoms with Crippen LogP contribution >= 0.6 is 0 Å². The van der Waals surface area contributed by atoms with Crippen molar-refractivity contribution in [2.75, 3.05) is 0 Å². The van der Waals surface area contributed by atoms with E-state index in [1.54, 1.807) is 0 Å². The summed E-state index contributed by atoms with van der Waals surface area (Å²) in [6, 6.07) is 10.1. The Bertz CT molecular complexity index is 582. The van der Waals surface area contributed by atoms with Gasteiger partial charge in [0.1, 0.15) is 6.07 Å². The number of hydrogen-bond acceptors (Lipinski definition) is 2. The van der Waals surface area contributed by atoms with Gasteiger partial charge in [-0.3, -0.25) is 4.98 Å². The summed E-state index contributed by atoms with van der Waals surface area (Å²) in [6.07, 6.45) is 3.75. The SMILES string of the molecule is CC(C)(C)c1cccc(Cn2ccc(C#N)c2)n1. The maximum absolute atomic E-state index is 8.79. The maximum atomic E-state index is 8.79. The van der Waals surface area contributed by atoms with Gasteiger partial charge in [-0.1, -0.05) is 26.8 Å². The molecule has 2 aromatic rings. The number of nitriles is 1. The Balaban J connectivity index is 2.22. The number of rotatable bonds is 2. The van der Waals surface area contributed by atoms with Crippen molar-refractivity contribution in [3.8, 4) is 6.07 Å². The first-order valence-electron chi connectivity index (χ1n) is 6.01. The molecule has 0 atom stereocenters. The molecular formula is C15H17N3. The first-order valence-corrected chi connectivity index (χ1v) is 6.01. The van der Waals surface area contributed by atoms with Gasteiger partial charge < -0.3 is 4.57 Å². The molecule has 0 N–H and O–H groups in total. The van der Waals surface area contributed by atoms with Crippen LogP contribution in [0.2, 0.25) is 0 Å². The van der Waals surface area contributed by atoms with E-state index in [2.05, 4.69) is 37.9 Å². The molecule has 18 heavy (non-hydrogen) atoms. The predicted molar refractivity (Wildman–Crippen MR) is 71.2 cm³/mol. The lowest BCUT2D eigenvalue weighted by Gasteiger charge is -2.18. The van der Waals surface area contributed by atoms with E-state index >= 15 is 0 Å². The Labute approximate surface area is 108 Å². The van der Waals surface area contributed by atoms with Gasteiger partial charge in [-0.15, -0.1) is 0 Å². The molecule has 0 saturated heterocycles. The summed E-state index contributed by atoms with van der Waals surface area (Å²) < 4.78 is 1.98. The standard InChI is InChI=1S/C15H17N3/c1-15(2,3)14-6-4-5-13(17-14)11-18-8-7-12(9-16)10-18/h4-8,10H,11H2,1-3H3. The van der Waals surface area contributed by atoms with Crippen LogP contribution in [0.5, 0.6) is 0 Å². The Morgan fingerprint density at radius 1 is 1.28 bits per heavy atom. The second kappa shape index (κ2) is 4.66. The molecule has 0 aliphatic heterocycles. The summed E-state index contributed by atoms with van der Waals surface area (Å²) in [5.41, 5.74) is 2.85. The highest BCUT2D eigenvalue weighted by atomic mass is 15.0. The number of pyridine rings is 1. The summed E-state index contributed by atoms with van der Waals surface area (Å²) in [5, 5.41) is 8.79. The smallest absolute Gasteiger partial charge is 0.101 e. The molecule has 92 valence electrons. The largest absolute Gasteiger partial charge is 0.347 e. The van der Waals surface area contributed by atoms with Crippen LogP contribution in [0.4, 0.5) is 0 Å². The summed E-state index contributed by atoms with van der Waals surface area (Å²) in [4.78, 5) is 4.67. The topological polar surface area (TPSA) is 41.6 Å². The minimum Gasteiger partial charge on any atom is -0.347 e. The van der Waals surface area contributed by atoms with E-state index in [4.69, 9.17) is 5.26 Å². The van der Waals surface area contributed by atoms with Crippen molar-refractivity contribution in [3.63, 3.8) is 0 Å². The van der Waals surface area contributed by atoms with Crippen molar-refractivity contribution < 1.29 is 0 Å². The Kier molecular flexibility index (Phi) is 3.20. The van der Waals surface area contributed by atoms with Crippen LogP contribution < -0.4 is 0 Å². The number of nitrogens with zero attached hydrogens (tertiary/aromatic N) is 3. The Morgan fingerprint density at radius 3 is 2.67 bits per heavy atom. The zero-order valence-electron chi connectivity index (χ0n) is 11.0. The van der Waals surface area contributed by atoms with Crippen LogP contribution in [0.15, 0.2) is 36.7 Å². The molecule has 0 spiro atoms. The summed E-state index contributed by atoms with van der Waals surface area (Å²) in [7, 11) is 0. The predicted octanol–water partition coefficient (Wildman–Crippen LogP) is 3.10. The average molecular weight is 239 g/mol. The third kappa shape index (κ3) is 2.78. The molecule has 2 aromatic heterocycles. The number of aromatic nitrogens is 2. The van der Waals surface area contributed by atoms with Crippen molar-refractivity contribution >= 4 is 0 Å². The van der Waals surface area contributed by atoms with Crippen molar-refractivity contribution in [1.82, 2.24) is 9.55 Å². The van der Waals surface area contributed by atoms with Crippen LogP contribution in [0.3, 0.4) is 0 Å². The molecule has 0 unspecified atom stereocenters. The number of hydrogen-bond donors (Lipinski definition) is 0. The average Bonchev–Trinajstić information content (AvgIpc) is 2.76. The fourth-order valence-electron chi connectivity index (χ4n) is 1.78. The van der Waals surface area contributed by atoms with Gasteiger partial charge in [-0.05, 0) is 18.2 Å². The Morgan fingerprint density at radius 2 is 2.06 bits per heavy atom. The van der Waals surface area contributed by atoms with Crippen molar-refractivity contribution in [3.05, 3.63) is 53.6 Å². The van der Waals surface area contributed by atoms with E-state index < -0.39 is 0 Å². The summed E-state index contributed by atoms with van der Waals surface area (Å²) in [6.45, 7) is 7.17. The highest BCUT2D eigenvalue weighted by molar-refractivity contribution is 5.26. The third-order valence-electron chi connectivity index (χ3n) is 2.80. The van der Waals surface area contributed by atoms with Crippen LogP contribution in [-0.2, 0) is 12.0 Å². The Hall–Kier alpha value is -2.08. The highest BCUT2D eigenvalue weighted by Crippen LogP contribution is 2.20. The molecular weight excluding hydrogens is 222 g/mol. The van der Waals surface area contributed by atoms with Gasteiger partial charge >= 0.3 is 0 Å². The van der Waals surface area contributed by atoms with E-state index in [1.807, 2.05) is 35.2 Å². The molecule has 0 aliphatic rings. The molecule has 0 bridgehead atoms. The van der Waals surface area contributed by atoms with Crippen molar-refractivity contribution in [1.29, 1.82) is 5.26 Å². The van der Waals surface area contributed by atoms with Crippen molar-refractivity contribution in [2.45, 2.75) is 32.7 Å². The van der Waals surface area contributed by atoms with Gasteiger partial charge in [0.15, 0.2) is 0 Å². The van der Waals surface area contributed by atoms with E-state index in [-0.39, 0.29) is 5.41 Å². The van der Waals surface area contributed by atoms with Gasteiger partial charge in [-0.2, -0.15) is 5.26 Å². The molecule has 2 heterocycles. The molecule has 3 nitrogen and oxygen atoms in total. The lowest BCUT2D eigenvalue weighted by molar-refractivity contribution is 0.563. The minimum absolute atomic E-state index is 0.0600. The maximum Gasteiger partial charge on any atom is 0.101 e. The van der Waals surface area contributed by atoms with Gasteiger partial charge in [0, 0.05) is 23.5 Å². The molecule has 0 aromatic carbocycles. The second-order valence-electron chi connectivity index (χ2n) is 5.45. The molecule has 0 amide bonds. The zero-order valence-corrected chi connectivity index (χ0v) is 11.0. The molecule has 0 fully saturated rings. The first-order chi connectivity index (χ1) is 8.49. The second-order valence-corrected chi connectivity index (χ2v) is 5.45.